The fourth-order valence-electron chi connectivity index (χ4n) is 8.49. The molecule has 0 bridgehead atoms. The molecule has 0 unspecified atom stereocenters. The van der Waals surface area contributed by atoms with Crippen molar-refractivity contribution in [2.75, 3.05) is 4.90 Å². The fourth-order valence-corrected chi connectivity index (χ4v) is 9.62. The second-order valence-electron chi connectivity index (χ2n) is 14.4. The van der Waals surface area contributed by atoms with Crippen molar-refractivity contribution >= 4 is 70.8 Å². The molecule has 0 radical (unpaired) electrons. The van der Waals surface area contributed by atoms with Gasteiger partial charge in [0.1, 0.15) is 11.2 Å². The maximum atomic E-state index is 6.47. The van der Waals surface area contributed by atoms with E-state index in [-0.39, 0.29) is 5.41 Å². The molecule has 1 aliphatic carbocycles. The number of rotatable bonds is 5. The van der Waals surface area contributed by atoms with Crippen LogP contribution in [0.3, 0.4) is 0 Å². The summed E-state index contributed by atoms with van der Waals surface area (Å²) in [5, 5.41) is 4.51. The highest BCUT2D eigenvalue weighted by atomic mass is 32.1. The summed E-state index contributed by atoms with van der Waals surface area (Å²) in [6, 6.07) is 55.2. The summed E-state index contributed by atoms with van der Waals surface area (Å²) in [7, 11) is 0. The highest BCUT2D eigenvalue weighted by Crippen LogP contribution is 2.52. The van der Waals surface area contributed by atoms with E-state index in [9.17, 15) is 0 Å². The van der Waals surface area contributed by atoms with Gasteiger partial charge in [-0.15, -0.1) is 11.3 Å². The zero-order valence-electron chi connectivity index (χ0n) is 29.6. The molecule has 0 N–H and O–H groups in total. The van der Waals surface area contributed by atoms with Crippen LogP contribution in [-0.2, 0) is 5.41 Å². The third-order valence-corrected chi connectivity index (χ3v) is 12.1. The molecule has 11 rings (SSSR count). The van der Waals surface area contributed by atoms with Gasteiger partial charge in [-0.2, -0.15) is 9.97 Å². The molecule has 0 atom stereocenters. The summed E-state index contributed by atoms with van der Waals surface area (Å²) < 4.78 is 8.90. The van der Waals surface area contributed by atoms with E-state index in [2.05, 4.69) is 146 Å². The first-order valence-corrected chi connectivity index (χ1v) is 19.0. The maximum absolute atomic E-state index is 6.47. The van der Waals surface area contributed by atoms with Crippen LogP contribution in [0, 0.1) is 0 Å². The summed E-state index contributed by atoms with van der Waals surface area (Å²) in [5.41, 5.74) is 10.2. The van der Waals surface area contributed by atoms with E-state index in [0.29, 0.717) is 17.6 Å². The van der Waals surface area contributed by atoms with Crippen LogP contribution in [-0.4, -0.2) is 15.0 Å². The minimum atomic E-state index is -0.255. The van der Waals surface area contributed by atoms with E-state index < -0.39 is 0 Å². The van der Waals surface area contributed by atoms with Gasteiger partial charge in [0.25, 0.3) is 0 Å². The largest absolute Gasteiger partial charge is 0.456 e. The lowest BCUT2D eigenvalue weighted by Crippen LogP contribution is -2.18. The molecule has 5 nitrogen and oxygen atoms in total. The second kappa shape index (κ2) is 11.7. The molecule has 0 fully saturated rings. The van der Waals surface area contributed by atoms with Gasteiger partial charge in [-0.25, -0.2) is 4.98 Å². The Hall–Kier alpha value is -6.63. The SMILES string of the molecule is CC1(C)c2ccccc2-c2cccc(-c3nc(-c4ccccc4)nc(N(c4ccc5c(c4)oc4ccccc45)c4cccc5sc6ccccc6c45)n3)c21. The average Bonchev–Trinajstić information content (AvgIpc) is 3.86. The van der Waals surface area contributed by atoms with Crippen LogP contribution < -0.4 is 4.90 Å². The van der Waals surface area contributed by atoms with Gasteiger partial charge in [0.2, 0.25) is 5.95 Å². The lowest BCUT2D eigenvalue weighted by atomic mass is 9.80. The Labute approximate surface area is 315 Å². The van der Waals surface area contributed by atoms with Gasteiger partial charge in [0, 0.05) is 53.6 Å². The molecule has 1 aliphatic rings. The van der Waals surface area contributed by atoms with E-state index in [1.807, 2.05) is 30.3 Å². The Kier molecular flexibility index (Phi) is 6.70. The van der Waals surface area contributed by atoms with Gasteiger partial charge >= 0.3 is 0 Å². The highest BCUT2D eigenvalue weighted by Gasteiger charge is 2.38. The number of para-hydroxylation sites is 1. The molecule has 3 aromatic heterocycles. The first kappa shape index (κ1) is 30.9. The first-order chi connectivity index (χ1) is 26.5. The molecule has 0 aliphatic heterocycles. The molecule has 0 spiro atoms. The third kappa shape index (κ3) is 4.60. The molecule has 0 amide bonds. The quantitative estimate of drug-likeness (QED) is 0.178. The van der Waals surface area contributed by atoms with Gasteiger partial charge in [-0.05, 0) is 58.7 Å². The van der Waals surface area contributed by atoms with Crippen molar-refractivity contribution < 1.29 is 4.42 Å². The predicted molar refractivity (Wildman–Crippen MR) is 223 cm³/mol. The predicted octanol–water partition coefficient (Wildman–Crippen LogP) is 13.2. The minimum Gasteiger partial charge on any atom is -0.456 e. The van der Waals surface area contributed by atoms with Crippen molar-refractivity contribution in [3.63, 3.8) is 0 Å². The van der Waals surface area contributed by atoms with Crippen LogP contribution in [0.25, 0.3) is 76.0 Å². The van der Waals surface area contributed by atoms with E-state index in [1.54, 1.807) is 11.3 Å². The van der Waals surface area contributed by atoms with Gasteiger partial charge < -0.3 is 4.42 Å². The van der Waals surface area contributed by atoms with Crippen molar-refractivity contribution in [1.29, 1.82) is 0 Å². The number of aromatic nitrogens is 3. The van der Waals surface area contributed by atoms with E-state index in [1.165, 1.54) is 37.0 Å². The number of thiophene rings is 1. The lowest BCUT2D eigenvalue weighted by molar-refractivity contribution is 0.661. The normalized spacial score (nSPS) is 13.1. The van der Waals surface area contributed by atoms with Crippen molar-refractivity contribution in [2.45, 2.75) is 19.3 Å². The van der Waals surface area contributed by atoms with E-state index >= 15 is 0 Å². The average molecular weight is 713 g/mol. The van der Waals surface area contributed by atoms with E-state index in [0.717, 1.165) is 49.8 Å². The summed E-state index contributed by atoms with van der Waals surface area (Å²) in [6.07, 6.45) is 0. The lowest BCUT2D eigenvalue weighted by Gasteiger charge is -2.26. The molecular weight excluding hydrogens is 681 g/mol. The van der Waals surface area contributed by atoms with Crippen LogP contribution >= 0.6 is 11.3 Å². The van der Waals surface area contributed by atoms with Crippen LogP contribution in [0.4, 0.5) is 17.3 Å². The molecule has 6 heteroatoms. The Balaban J connectivity index is 1.22. The number of anilines is 3. The van der Waals surface area contributed by atoms with Crippen molar-refractivity contribution in [1.82, 2.24) is 15.0 Å². The number of fused-ring (bicyclic) bond motifs is 9. The van der Waals surface area contributed by atoms with Crippen LogP contribution in [0.2, 0.25) is 0 Å². The number of hydrogen-bond donors (Lipinski definition) is 0. The number of furan rings is 1. The van der Waals surface area contributed by atoms with Crippen LogP contribution in [0.1, 0.15) is 25.0 Å². The highest BCUT2D eigenvalue weighted by molar-refractivity contribution is 7.26. The Morgan fingerprint density at radius 3 is 2.13 bits per heavy atom. The van der Waals surface area contributed by atoms with Crippen LogP contribution in [0.15, 0.2) is 162 Å². The standard InChI is InChI=1S/C48H32N4OS/c1-48(2)37-21-9-6-16-31(37)34-19-12-20-36(44(34)48)46-49-45(29-14-4-3-5-15-29)50-47(51-46)52(30-26-27-33-32-17-7-10-23-39(32)53-40(33)28-30)38-22-13-25-42-43(38)35-18-8-11-24-41(35)54-42/h3-28H,1-2H3. The molecule has 54 heavy (non-hydrogen) atoms. The van der Waals surface area contributed by atoms with Crippen molar-refractivity contribution in [3.8, 4) is 33.9 Å². The topological polar surface area (TPSA) is 55.1 Å². The first-order valence-electron chi connectivity index (χ1n) is 18.2. The number of benzene rings is 7. The zero-order chi connectivity index (χ0) is 36.0. The smallest absolute Gasteiger partial charge is 0.238 e. The summed E-state index contributed by atoms with van der Waals surface area (Å²) in [5.74, 6) is 1.77. The molecule has 10 aromatic rings. The molecular formula is C48H32N4OS. The Morgan fingerprint density at radius 2 is 1.22 bits per heavy atom. The maximum Gasteiger partial charge on any atom is 0.238 e. The second-order valence-corrected chi connectivity index (χ2v) is 15.5. The molecule has 0 saturated carbocycles. The molecule has 7 aromatic carbocycles. The fraction of sp³-hybridized carbons (Fsp3) is 0.0625. The van der Waals surface area contributed by atoms with Gasteiger partial charge in [0.15, 0.2) is 11.6 Å². The Morgan fingerprint density at radius 1 is 0.537 bits per heavy atom. The van der Waals surface area contributed by atoms with Gasteiger partial charge in [-0.1, -0.05) is 129 Å². The molecule has 256 valence electrons. The third-order valence-electron chi connectivity index (χ3n) is 10.9. The van der Waals surface area contributed by atoms with E-state index in [4.69, 9.17) is 19.4 Å². The summed E-state index contributed by atoms with van der Waals surface area (Å²) in [6.45, 7) is 4.61. The molecule has 3 heterocycles. The van der Waals surface area contributed by atoms with Gasteiger partial charge in [-0.3, -0.25) is 4.90 Å². The van der Waals surface area contributed by atoms with Gasteiger partial charge in [0.05, 0.1) is 11.4 Å². The zero-order valence-corrected chi connectivity index (χ0v) is 30.4. The molecule has 0 saturated heterocycles. The Bertz CT molecular complexity index is 3110. The number of nitrogens with zero attached hydrogens (tertiary/aromatic N) is 4. The van der Waals surface area contributed by atoms with Crippen molar-refractivity contribution in [2.24, 2.45) is 0 Å². The summed E-state index contributed by atoms with van der Waals surface area (Å²) in [4.78, 5) is 18.2. The number of hydrogen-bond acceptors (Lipinski definition) is 6. The monoisotopic (exact) mass is 712 g/mol. The van der Waals surface area contributed by atoms with Crippen molar-refractivity contribution in [3.05, 3.63) is 169 Å². The van der Waals surface area contributed by atoms with Crippen LogP contribution in [0.5, 0.6) is 0 Å². The minimum absolute atomic E-state index is 0.255. The summed E-state index contributed by atoms with van der Waals surface area (Å²) >= 11 is 1.80.